The highest BCUT2D eigenvalue weighted by Gasteiger charge is 2.28. The van der Waals surface area contributed by atoms with E-state index < -0.39 is 0 Å². The summed E-state index contributed by atoms with van der Waals surface area (Å²) >= 11 is 1.71. The molecule has 0 bridgehead atoms. The van der Waals surface area contributed by atoms with Gasteiger partial charge in [-0.15, -0.1) is 11.8 Å². The molecule has 1 aromatic rings. The number of rotatable bonds is 5. The number of hydrogen-bond acceptors (Lipinski definition) is 4. The number of thioether (sulfide) groups is 1. The molecule has 2 atom stereocenters. The molecule has 4 N–H and O–H groups in total. The lowest BCUT2D eigenvalue weighted by atomic mass is 10.0. The molecule has 1 aromatic carbocycles. The molecule has 1 saturated heterocycles. The van der Waals surface area contributed by atoms with E-state index in [9.17, 15) is 5.11 Å². The Labute approximate surface area is 124 Å². The summed E-state index contributed by atoms with van der Waals surface area (Å²) in [5, 5.41) is 17.6. The highest BCUT2D eigenvalue weighted by atomic mass is 32.2. The number of aliphatic hydroxyl groups excluding tert-OH is 1. The van der Waals surface area contributed by atoms with Gasteiger partial charge < -0.3 is 15.7 Å². The molecule has 1 fully saturated rings. The summed E-state index contributed by atoms with van der Waals surface area (Å²) in [6, 6.07) is 6.08. The second-order valence-corrected chi connectivity index (χ2v) is 6.54. The van der Waals surface area contributed by atoms with Gasteiger partial charge >= 0.3 is 0 Å². The van der Waals surface area contributed by atoms with Crippen molar-refractivity contribution >= 4 is 23.3 Å². The van der Waals surface area contributed by atoms with E-state index in [1.165, 1.54) is 0 Å². The van der Waals surface area contributed by atoms with Crippen molar-refractivity contribution < 1.29 is 5.11 Å². The predicted octanol–water partition coefficient (Wildman–Crippen LogP) is 2.29. The first-order valence-corrected chi connectivity index (χ1v) is 8.06. The molecule has 2 rings (SSSR count). The maximum atomic E-state index is 9.74. The zero-order valence-electron chi connectivity index (χ0n) is 12.1. The second-order valence-electron chi connectivity index (χ2n) is 5.23. The number of hydrogen-bond donors (Lipinski definition) is 3. The summed E-state index contributed by atoms with van der Waals surface area (Å²) in [7, 11) is 0. The zero-order chi connectivity index (χ0) is 14.7. The molecule has 1 heterocycles. The maximum Gasteiger partial charge on any atom is 0.126 e. The van der Waals surface area contributed by atoms with Gasteiger partial charge in [-0.05, 0) is 31.2 Å². The van der Waals surface area contributed by atoms with Gasteiger partial charge in [-0.25, -0.2) is 0 Å². The van der Waals surface area contributed by atoms with E-state index in [1.807, 2.05) is 25.1 Å². The van der Waals surface area contributed by atoms with Crippen molar-refractivity contribution in [3.63, 3.8) is 0 Å². The Kier molecular flexibility index (Phi) is 4.94. The van der Waals surface area contributed by atoms with Crippen LogP contribution in [0.5, 0.6) is 0 Å². The van der Waals surface area contributed by atoms with E-state index in [2.05, 4.69) is 11.8 Å². The van der Waals surface area contributed by atoms with Gasteiger partial charge in [0.1, 0.15) is 5.84 Å². The van der Waals surface area contributed by atoms with Crippen LogP contribution in [-0.2, 0) is 0 Å². The van der Waals surface area contributed by atoms with Crippen LogP contribution < -0.4 is 10.6 Å². The quantitative estimate of drug-likeness (QED) is 0.442. The minimum absolute atomic E-state index is 0.122. The van der Waals surface area contributed by atoms with Crippen molar-refractivity contribution in [1.82, 2.24) is 0 Å². The number of nitrogens with zero attached hydrogens (tertiary/aromatic N) is 1. The topological polar surface area (TPSA) is 73.3 Å². The average Bonchev–Trinajstić information content (AvgIpc) is 2.88. The fourth-order valence-corrected chi connectivity index (χ4v) is 3.57. The minimum atomic E-state index is -0.283. The highest BCUT2D eigenvalue weighted by molar-refractivity contribution is 7.99. The monoisotopic (exact) mass is 293 g/mol. The van der Waals surface area contributed by atoms with Crippen LogP contribution in [0.2, 0.25) is 0 Å². The van der Waals surface area contributed by atoms with Gasteiger partial charge in [0.05, 0.1) is 11.7 Å². The van der Waals surface area contributed by atoms with E-state index in [4.69, 9.17) is 11.1 Å². The van der Waals surface area contributed by atoms with Crippen LogP contribution in [0.25, 0.3) is 0 Å². The summed E-state index contributed by atoms with van der Waals surface area (Å²) in [6.45, 7) is 5.69. The number of aliphatic hydroxyl groups is 1. The fraction of sp³-hybridized carbons (Fsp3) is 0.533. The van der Waals surface area contributed by atoms with Gasteiger partial charge in [0.2, 0.25) is 0 Å². The smallest absolute Gasteiger partial charge is 0.126 e. The molecule has 5 heteroatoms. The van der Waals surface area contributed by atoms with Crippen molar-refractivity contribution in [2.24, 2.45) is 11.7 Å². The summed E-state index contributed by atoms with van der Waals surface area (Å²) < 4.78 is 0. The predicted molar refractivity (Wildman–Crippen MR) is 85.9 cm³/mol. The lowest BCUT2D eigenvalue weighted by Gasteiger charge is -2.24. The molecule has 110 valence electrons. The SMILES string of the molecule is CCSc1cccc(N2CCC(C(C)O)C2)c1C(=N)N. The molecule has 1 aliphatic heterocycles. The number of nitrogen functional groups attached to an aromatic ring is 1. The van der Waals surface area contributed by atoms with E-state index in [-0.39, 0.29) is 11.9 Å². The van der Waals surface area contributed by atoms with Gasteiger partial charge in [-0.3, -0.25) is 5.41 Å². The molecule has 2 unspecified atom stereocenters. The average molecular weight is 293 g/mol. The molecule has 0 spiro atoms. The van der Waals surface area contributed by atoms with E-state index in [0.717, 1.165) is 41.4 Å². The van der Waals surface area contributed by atoms with Gasteiger partial charge in [0.15, 0.2) is 0 Å². The number of benzene rings is 1. The third-order valence-electron chi connectivity index (χ3n) is 3.82. The van der Waals surface area contributed by atoms with Crippen LogP contribution >= 0.6 is 11.8 Å². The first-order valence-electron chi connectivity index (χ1n) is 7.07. The molecule has 0 aromatic heterocycles. The summed E-state index contributed by atoms with van der Waals surface area (Å²) in [6.07, 6.45) is 0.703. The Morgan fingerprint density at radius 1 is 1.60 bits per heavy atom. The fourth-order valence-electron chi connectivity index (χ4n) is 2.73. The summed E-state index contributed by atoms with van der Waals surface area (Å²) in [4.78, 5) is 3.31. The van der Waals surface area contributed by atoms with Crippen molar-refractivity contribution in [2.45, 2.75) is 31.3 Å². The third kappa shape index (κ3) is 3.10. The maximum absolute atomic E-state index is 9.74. The van der Waals surface area contributed by atoms with Gasteiger partial charge in [0, 0.05) is 29.6 Å². The molecule has 0 aliphatic carbocycles. The van der Waals surface area contributed by atoms with Crippen molar-refractivity contribution in [2.75, 3.05) is 23.7 Å². The Morgan fingerprint density at radius 3 is 2.90 bits per heavy atom. The largest absolute Gasteiger partial charge is 0.393 e. The van der Waals surface area contributed by atoms with Crippen molar-refractivity contribution in [1.29, 1.82) is 5.41 Å². The van der Waals surface area contributed by atoms with E-state index >= 15 is 0 Å². The summed E-state index contributed by atoms with van der Waals surface area (Å²) in [5.41, 5.74) is 7.67. The number of nitrogens with one attached hydrogen (secondary N) is 1. The lowest BCUT2D eigenvalue weighted by molar-refractivity contribution is 0.136. The Balaban J connectivity index is 2.32. The lowest BCUT2D eigenvalue weighted by Crippen LogP contribution is -2.26. The molecule has 0 radical (unpaired) electrons. The van der Waals surface area contributed by atoms with Crippen LogP contribution in [0.4, 0.5) is 5.69 Å². The first-order chi connectivity index (χ1) is 9.54. The standard InChI is InChI=1S/C15H23N3OS/c1-3-20-13-6-4-5-12(14(13)15(16)17)18-8-7-11(9-18)10(2)19/h4-6,10-11,19H,3,7-9H2,1-2H3,(H3,16,17). The van der Waals surface area contributed by atoms with Crippen LogP contribution in [0, 0.1) is 11.3 Å². The van der Waals surface area contributed by atoms with E-state index in [1.54, 1.807) is 11.8 Å². The Morgan fingerprint density at radius 2 is 2.35 bits per heavy atom. The molecule has 20 heavy (non-hydrogen) atoms. The van der Waals surface area contributed by atoms with Gasteiger partial charge in [-0.1, -0.05) is 13.0 Å². The van der Waals surface area contributed by atoms with Crippen LogP contribution in [0.15, 0.2) is 23.1 Å². The first kappa shape index (κ1) is 15.2. The number of nitrogens with two attached hydrogens (primary N) is 1. The minimum Gasteiger partial charge on any atom is -0.393 e. The Bertz CT molecular complexity index is 490. The second kappa shape index (κ2) is 6.50. The molecule has 1 aliphatic rings. The van der Waals surface area contributed by atoms with Crippen LogP contribution in [0.1, 0.15) is 25.8 Å². The summed E-state index contributed by atoms with van der Waals surface area (Å²) in [5.74, 6) is 1.38. The molecule has 4 nitrogen and oxygen atoms in total. The van der Waals surface area contributed by atoms with E-state index in [0.29, 0.717) is 5.92 Å². The van der Waals surface area contributed by atoms with Crippen LogP contribution in [0.3, 0.4) is 0 Å². The number of anilines is 1. The highest BCUT2D eigenvalue weighted by Crippen LogP contribution is 2.33. The van der Waals surface area contributed by atoms with Gasteiger partial charge in [-0.2, -0.15) is 0 Å². The van der Waals surface area contributed by atoms with Crippen molar-refractivity contribution in [3.8, 4) is 0 Å². The Hall–Kier alpha value is -1.20. The molecule has 0 amide bonds. The van der Waals surface area contributed by atoms with Crippen molar-refractivity contribution in [3.05, 3.63) is 23.8 Å². The zero-order valence-corrected chi connectivity index (χ0v) is 12.9. The normalized spacial score (nSPS) is 20.1. The van der Waals surface area contributed by atoms with Crippen LogP contribution in [-0.4, -0.2) is 35.9 Å². The molecular weight excluding hydrogens is 270 g/mol. The molecule has 0 saturated carbocycles. The number of amidine groups is 1. The van der Waals surface area contributed by atoms with Gasteiger partial charge in [0.25, 0.3) is 0 Å². The third-order valence-corrected chi connectivity index (χ3v) is 4.76. The molecular formula is C15H23N3OS.